The van der Waals surface area contributed by atoms with Gasteiger partial charge in [0.1, 0.15) is 0 Å². The van der Waals surface area contributed by atoms with Crippen LogP contribution in [0.5, 0.6) is 0 Å². The molecule has 2 N–H and O–H groups in total. The Morgan fingerprint density at radius 3 is 2.45 bits per heavy atom. The second-order valence-electron chi connectivity index (χ2n) is 4.01. The summed E-state index contributed by atoms with van der Waals surface area (Å²) >= 11 is 0. The Bertz CT molecular complexity index is 124. The van der Waals surface area contributed by atoms with Gasteiger partial charge in [0.15, 0.2) is 0 Å². The van der Waals surface area contributed by atoms with Gasteiger partial charge >= 0.3 is 0 Å². The topological polar surface area (TPSA) is 40.5 Å². The van der Waals surface area contributed by atoms with Crippen molar-refractivity contribution in [3.8, 4) is 0 Å². The summed E-state index contributed by atoms with van der Waals surface area (Å²) in [6.07, 6.45) is 2.77. The van der Waals surface area contributed by atoms with Crippen LogP contribution in [0, 0.1) is 11.3 Å². The first-order valence-corrected chi connectivity index (χ1v) is 4.40. The van der Waals surface area contributed by atoms with E-state index in [1.54, 1.807) is 0 Å². The molecule has 0 bridgehead atoms. The molecule has 2 heteroatoms. The normalized spacial score (nSPS) is 45.8. The van der Waals surface area contributed by atoms with Crippen molar-refractivity contribution in [2.75, 3.05) is 6.61 Å². The maximum absolute atomic E-state index is 9.64. The standard InChI is InChI=1S/C9H18O2/c1-7-4-3-5-8(11)9(7,2)6-10/h7-8,10-11H,3-6H2,1-2H3/t7-,8-,9-/m0/s1. The molecule has 0 aromatic heterocycles. The predicted octanol–water partition coefficient (Wildman–Crippen LogP) is 1.17. The van der Waals surface area contributed by atoms with Gasteiger partial charge in [-0.05, 0) is 18.8 Å². The molecule has 0 spiro atoms. The Morgan fingerprint density at radius 1 is 1.45 bits per heavy atom. The van der Waals surface area contributed by atoms with Crippen molar-refractivity contribution in [1.29, 1.82) is 0 Å². The van der Waals surface area contributed by atoms with E-state index in [0.29, 0.717) is 5.92 Å². The first kappa shape index (κ1) is 9.01. The van der Waals surface area contributed by atoms with E-state index in [-0.39, 0.29) is 18.1 Å². The van der Waals surface area contributed by atoms with E-state index in [2.05, 4.69) is 6.92 Å². The lowest BCUT2D eigenvalue weighted by atomic mass is 9.67. The molecule has 2 nitrogen and oxygen atoms in total. The van der Waals surface area contributed by atoms with Gasteiger partial charge in [-0.3, -0.25) is 0 Å². The Labute approximate surface area is 68.2 Å². The molecule has 1 aliphatic rings. The minimum atomic E-state index is -0.309. The van der Waals surface area contributed by atoms with Crippen LogP contribution in [-0.2, 0) is 0 Å². The third kappa shape index (κ3) is 1.42. The van der Waals surface area contributed by atoms with Gasteiger partial charge in [-0.1, -0.05) is 20.3 Å². The van der Waals surface area contributed by atoms with E-state index in [0.717, 1.165) is 19.3 Å². The van der Waals surface area contributed by atoms with Crippen molar-refractivity contribution in [2.45, 2.75) is 39.2 Å². The summed E-state index contributed by atoms with van der Waals surface area (Å²) in [5.74, 6) is 0.441. The van der Waals surface area contributed by atoms with Crippen LogP contribution < -0.4 is 0 Å². The second kappa shape index (κ2) is 3.11. The van der Waals surface area contributed by atoms with Crippen molar-refractivity contribution >= 4 is 0 Å². The van der Waals surface area contributed by atoms with Gasteiger partial charge in [-0.2, -0.15) is 0 Å². The fraction of sp³-hybridized carbons (Fsp3) is 1.00. The Morgan fingerprint density at radius 2 is 2.09 bits per heavy atom. The average molecular weight is 158 g/mol. The van der Waals surface area contributed by atoms with Crippen LogP contribution in [0.15, 0.2) is 0 Å². The Hall–Kier alpha value is -0.0800. The summed E-state index contributed by atoms with van der Waals surface area (Å²) in [7, 11) is 0. The number of hydrogen-bond donors (Lipinski definition) is 2. The molecule has 11 heavy (non-hydrogen) atoms. The summed E-state index contributed by atoms with van der Waals surface area (Å²) < 4.78 is 0. The zero-order valence-corrected chi connectivity index (χ0v) is 7.38. The van der Waals surface area contributed by atoms with Crippen LogP contribution in [-0.4, -0.2) is 22.9 Å². The molecule has 0 aromatic carbocycles. The van der Waals surface area contributed by atoms with Gasteiger partial charge in [-0.15, -0.1) is 0 Å². The molecular formula is C9H18O2. The van der Waals surface area contributed by atoms with E-state index < -0.39 is 0 Å². The summed E-state index contributed by atoms with van der Waals surface area (Å²) in [4.78, 5) is 0. The molecule has 1 aliphatic carbocycles. The molecule has 66 valence electrons. The number of rotatable bonds is 1. The van der Waals surface area contributed by atoms with Crippen LogP contribution in [0.4, 0.5) is 0 Å². The van der Waals surface area contributed by atoms with Crippen LogP contribution in [0.2, 0.25) is 0 Å². The quantitative estimate of drug-likeness (QED) is 0.601. The molecule has 0 aromatic rings. The van der Waals surface area contributed by atoms with Gasteiger partial charge in [0.2, 0.25) is 0 Å². The zero-order valence-electron chi connectivity index (χ0n) is 7.38. The highest BCUT2D eigenvalue weighted by molar-refractivity contribution is 4.89. The Kier molecular flexibility index (Phi) is 2.55. The lowest BCUT2D eigenvalue weighted by molar-refractivity contribution is -0.0684. The maximum Gasteiger partial charge on any atom is 0.0618 e. The van der Waals surface area contributed by atoms with Crippen LogP contribution in [0.1, 0.15) is 33.1 Å². The van der Waals surface area contributed by atoms with Crippen molar-refractivity contribution < 1.29 is 10.2 Å². The van der Waals surface area contributed by atoms with Crippen molar-refractivity contribution in [3.05, 3.63) is 0 Å². The third-order valence-electron chi connectivity index (χ3n) is 3.34. The molecule has 0 unspecified atom stereocenters. The molecule has 0 saturated heterocycles. The highest BCUT2D eigenvalue weighted by Gasteiger charge is 2.40. The number of aliphatic hydroxyl groups is 2. The second-order valence-corrected chi connectivity index (χ2v) is 4.01. The third-order valence-corrected chi connectivity index (χ3v) is 3.34. The predicted molar refractivity (Wildman–Crippen MR) is 44.2 cm³/mol. The maximum atomic E-state index is 9.64. The van der Waals surface area contributed by atoms with Gasteiger partial charge in [0, 0.05) is 5.41 Å². The largest absolute Gasteiger partial charge is 0.396 e. The van der Waals surface area contributed by atoms with Gasteiger partial charge in [-0.25, -0.2) is 0 Å². The Balaban J connectivity index is 2.69. The highest BCUT2D eigenvalue weighted by Crippen LogP contribution is 2.40. The highest BCUT2D eigenvalue weighted by atomic mass is 16.3. The van der Waals surface area contributed by atoms with E-state index in [1.165, 1.54) is 0 Å². The molecule has 0 aliphatic heterocycles. The molecule has 3 atom stereocenters. The van der Waals surface area contributed by atoms with Crippen molar-refractivity contribution in [1.82, 2.24) is 0 Å². The van der Waals surface area contributed by atoms with Gasteiger partial charge < -0.3 is 10.2 Å². The van der Waals surface area contributed by atoms with E-state index in [4.69, 9.17) is 5.11 Å². The first-order valence-electron chi connectivity index (χ1n) is 4.40. The fourth-order valence-electron chi connectivity index (χ4n) is 1.87. The van der Waals surface area contributed by atoms with Crippen LogP contribution >= 0.6 is 0 Å². The molecule has 0 amide bonds. The molecule has 1 fully saturated rings. The van der Waals surface area contributed by atoms with E-state index >= 15 is 0 Å². The minimum Gasteiger partial charge on any atom is -0.396 e. The summed E-state index contributed by atoms with van der Waals surface area (Å²) in [5.41, 5.74) is -0.252. The van der Waals surface area contributed by atoms with Crippen molar-refractivity contribution in [2.24, 2.45) is 11.3 Å². The van der Waals surface area contributed by atoms with E-state index in [9.17, 15) is 5.11 Å². The SMILES string of the molecule is C[C@H]1CCC[C@H](O)[C@@]1(C)CO. The van der Waals surface area contributed by atoms with Gasteiger partial charge in [0.05, 0.1) is 12.7 Å². The van der Waals surface area contributed by atoms with Crippen LogP contribution in [0.3, 0.4) is 0 Å². The zero-order chi connectivity index (χ0) is 8.48. The van der Waals surface area contributed by atoms with Crippen LogP contribution in [0.25, 0.3) is 0 Å². The average Bonchev–Trinajstić information content (AvgIpc) is 2.00. The summed E-state index contributed by atoms with van der Waals surface area (Å²) in [5, 5.41) is 18.8. The molecule has 1 rings (SSSR count). The van der Waals surface area contributed by atoms with Crippen molar-refractivity contribution in [3.63, 3.8) is 0 Å². The fourth-order valence-corrected chi connectivity index (χ4v) is 1.87. The smallest absolute Gasteiger partial charge is 0.0618 e. The first-order chi connectivity index (χ1) is 5.11. The monoisotopic (exact) mass is 158 g/mol. The minimum absolute atomic E-state index is 0.106. The van der Waals surface area contributed by atoms with Gasteiger partial charge in [0.25, 0.3) is 0 Å². The molecule has 0 heterocycles. The lowest BCUT2D eigenvalue weighted by Gasteiger charge is -2.42. The lowest BCUT2D eigenvalue weighted by Crippen LogP contribution is -2.44. The molecular weight excluding hydrogens is 140 g/mol. The summed E-state index contributed by atoms with van der Waals surface area (Å²) in [6.45, 7) is 4.19. The number of aliphatic hydroxyl groups excluding tert-OH is 2. The number of hydrogen-bond acceptors (Lipinski definition) is 2. The molecule has 1 saturated carbocycles. The van der Waals surface area contributed by atoms with E-state index in [1.807, 2.05) is 6.92 Å². The molecule has 0 radical (unpaired) electrons. The summed E-state index contributed by atoms with van der Waals surface area (Å²) in [6, 6.07) is 0.